The average molecular weight is 438 g/mol. The van der Waals surface area contributed by atoms with Gasteiger partial charge in [0.05, 0.1) is 17.0 Å². The number of nitrogens with zero attached hydrogens (tertiary/aromatic N) is 4. The number of carbonyl (C=O) groups excluding carboxylic acids is 1. The Balaban J connectivity index is 1.46. The molecule has 3 aromatic rings. The maximum absolute atomic E-state index is 12.6. The van der Waals surface area contributed by atoms with Crippen LogP contribution in [-0.4, -0.2) is 26.4 Å². The van der Waals surface area contributed by atoms with Crippen molar-refractivity contribution < 1.29 is 4.79 Å². The van der Waals surface area contributed by atoms with E-state index in [-0.39, 0.29) is 11.7 Å². The van der Waals surface area contributed by atoms with Crippen LogP contribution in [0.1, 0.15) is 46.4 Å². The zero-order valence-corrected chi connectivity index (χ0v) is 18.7. The van der Waals surface area contributed by atoms with Gasteiger partial charge in [-0.3, -0.25) is 9.36 Å². The van der Waals surface area contributed by atoms with E-state index in [2.05, 4.69) is 34.6 Å². The van der Waals surface area contributed by atoms with Crippen molar-refractivity contribution in [3.8, 4) is 11.8 Å². The van der Waals surface area contributed by atoms with E-state index in [4.69, 9.17) is 0 Å². The monoisotopic (exact) mass is 437 g/mol. The third kappa shape index (κ3) is 4.27. The van der Waals surface area contributed by atoms with Crippen LogP contribution in [0.25, 0.3) is 5.69 Å². The number of nitrogens with one attached hydrogen (secondary N) is 1. The SMILES string of the molecule is Cc1ccc(-n2cnnc2SCC(=O)Nc2sc3c(c2C#N)CCCCC3)c(C)c1. The number of thioether (sulfide) groups is 1. The number of carbonyl (C=O) groups is 1. The van der Waals surface area contributed by atoms with Gasteiger partial charge in [-0.05, 0) is 56.7 Å². The number of anilines is 1. The normalized spacial score (nSPS) is 13.4. The van der Waals surface area contributed by atoms with Gasteiger partial charge >= 0.3 is 0 Å². The predicted molar refractivity (Wildman–Crippen MR) is 120 cm³/mol. The Kier molecular flexibility index (Phi) is 6.21. The molecule has 1 aliphatic rings. The molecule has 0 saturated carbocycles. The molecule has 1 amide bonds. The molecule has 1 aliphatic carbocycles. The van der Waals surface area contributed by atoms with Gasteiger partial charge in [0.25, 0.3) is 0 Å². The fourth-order valence-corrected chi connectivity index (χ4v) is 5.78. The number of hydrogen-bond acceptors (Lipinski definition) is 6. The standard InChI is InChI=1S/C22H23N5OS2/c1-14-8-9-18(15(2)10-14)27-13-24-26-22(27)29-12-20(28)25-21-17(11-23)16-6-4-3-5-7-19(16)30-21/h8-10,13H,3-7,12H2,1-2H3,(H,25,28). The van der Waals surface area contributed by atoms with E-state index in [9.17, 15) is 10.1 Å². The van der Waals surface area contributed by atoms with Crippen LogP contribution in [0.15, 0.2) is 29.7 Å². The Hall–Kier alpha value is -2.63. The van der Waals surface area contributed by atoms with Crippen molar-refractivity contribution in [1.82, 2.24) is 14.8 Å². The third-order valence-electron chi connectivity index (χ3n) is 5.25. The van der Waals surface area contributed by atoms with Crippen LogP contribution in [0.5, 0.6) is 0 Å². The highest BCUT2D eigenvalue weighted by Gasteiger charge is 2.21. The van der Waals surface area contributed by atoms with Gasteiger partial charge in [0.2, 0.25) is 5.91 Å². The minimum Gasteiger partial charge on any atom is -0.316 e. The van der Waals surface area contributed by atoms with Crippen LogP contribution in [0.4, 0.5) is 5.00 Å². The summed E-state index contributed by atoms with van der Waals surface area (Å²) < 4.78 is 1.90. The molecule has 1 N–H and O–H groups in total. The predicted octanol–water partition coefficient (Wildman–Crippen LogP) is 4.82. The van der Waals surface area contributed by atoms with Gasteiger partial charge in [0.1, 0.15) is 17.4 Å². The molecule has 0 aliphatic heterocycles. The van der Waals surface area contributed by atoms with Crippen LogP contribution < -0.4 is 5.32 Å². The molecule has 8 heteroatoms. The van der Waals surface area contributed by atoms with E-state index in [0.29, 0.717) is 15.7 Å². The second-order valence-electron chi connectivity index (χ2n) is 7.49. The second kappa shape index (κ2) is 9.02. The summed E-state index contributed by atoms with van der Waals surface area (Å²) in [5.41, 5.74) is 5.11. The molecule has 0 unspecified atom stereocenters. The molecule has 1 aromatic carbocycles. The Morgan fingerprint density at radius 2 is 2.13 bits per heavy atom. The summed E-state index contributed by atoms with van der Waals surface area (Å²) in [5.74, 6) is 0.0694. The number of amides is 1. The van der Waals surface area contributed by atoms with Crippen LogP contribution in [0.3, 0.4) is 0 Å². The van der Waals surface area contributed by atoms with Gasteiger partial charge in [0.15, 0.2) is 5.16 Å². The van der Waals surface area contributed by atoms with Crippen LogP contribution in [0.2, 0.25) is 0 Å². The lowest BCUT2D eigenvalue weighted by atomic mass is 10.1. The van der Waals surface area contributed by atoms with Crippen LogP contribution in [-0.2, 0) is 17.6 Å². The van der Waals surface area contributed by atoms with Crippen molar-refractivity contribution in [3.05, 3.63) is 51.7 Å². The number of hydrogen-bond donors (Lipinski definition) is 1. The highest BCUT2D eigenvalue weighted by atomic mass is 32.2. The van der Waals surface area contributed by atoms with Crippen molar-refractivity contribution in [2.75, 3.05) is 11.1 Å². The fraction of sp³-hybridized carbons (Fsp3) is 0.364. The Labute approximate surface area is 184 Å². The van der Waals surface area contributed by atoms with E-state index in [1.165, 1.54) is 28.6 Å². The number of aromatic nitrogens is 3. The minimum atomic E-state index is -0.136. The number of thiophene rings is 1. The van der Waals surface area contributed by atoms with Crippen LogP contribution in [0, 0.1) is 25.2 Å². The molecule has 0 atom stereocenters. The van der Waals surface area contributed by atoms with Gasteiger partial charge in [-0.15, -0.1) is 21.5 Å². The van der Waals surface area contributed by atoms with Gasteiger partial charge in [0, 0.05) is 4.88 Å². The Bertz CT molecular complexity index is 1130. The molecule has 0 spiro atoms. The van der Waals surface area contributed by atoms with Crippen molar-refractivity contribution in [2.24, 2.45) is 0 Å². The molecule has 0 radical (unpaired) electrons. The van der Waals surface area contributed by atoms with Gasteiger partial charge in [-0.25, -0.2) is 0 Å². The summed E-state index contributed by atoms with van der Waals surface area (Å²) in [6.45, 7) is 4.11. The van der Waals surface area contributed by atoms with Crippen molar-refractivity contribution in [3.63, 3.8) is 0 Å². The highest BCUT2D eigenvalue weighted by molar-refractivity contribution is 7.99. The largest absolute Gasteiger partial charge is 0.316 e. The first kappa shape index (κ1) is 20.6. The zero-order valence-electron chi connectivity index (χ0n) is 17.1. The summed E-state index contributed by atoms with van der Waals surface area (Å²) in [5, 5.41) is 22.1. The smallest absolute Gasteiger partial charge is 0.235 e. The Morgan fingerprint density at radius 3 is 2.93 bits per heavy atom. The maximum atomic E-state index is 12.6. The molecule has 0 saturated heterocycles. The summed E-state index contributed by atoms with van der Waals surface area (Å²) in [6.07, 6.45) is 7.05. The summed E-state index contributed by atoms with van der Waals surface area (Å²) in [7, 11) is 0. The maximum Gasteiger partial charge on any atom is 0.235 e. The van der Waals surface area contributed by atoms with Gasteiger partial charge in [-0.1, -0.05) is 35.9 Å². The summed E-state index contributed by atoms with van der Waals surface area (Å²) in [6, 6.07) is 8.51. The van der Waals surface area contributed by atoms with E-state index in [1.807, 2.05) is 23.6 Å². The minimum absolute atomic E-state index is 0.136. The van der Waals surface area contributed by atoms with Crippen LogP contribution >= 0.6 is 23.1 Å². The zero-order chi connectivity index (χ0) is 21.1. The number of fused-ring (bicyclic) bond motifs is 1. The van der Waals surface area contributed by atoms with Crippen molar-refractivity contribution in [2.45, 2.75) is 51.1 Å². The molecule has 0 bridgehead atoms. The molecule has 4 rings (SSSR count). The van der Waals surface area contributed by atoms with Crippen molar-refractivity contribution >= 4 is 34.0 Å². The Morgan fingerprint density at radius 1 is 1.30 bits per heavy atom. The number of rotatable bonds is 5. The number of benzene rings is 1. The first-order valence-electron chi connectivity index (χ1n) is 10.0. The average Bonchev–Trinajstić information content (AvgIpc) is 3.23. The molecular weight excluding hydrogens is 414 g/mol. The molecule has 2 heterocycles. The quantitative estimate of drug-likeness (QED) is 0.457. The molecular formula is C22H23N5OS2. The lowest BCUT2D eigenvalue weighted by Crippen LogP contribution is -2.14. The molecule has 6 nitrogen and oxygen atoms in total. The first-order valence-corrected chi connectivity index (χ1v) is 11.8. The molecule has 2 aromatic heterocycles. The first-order chi connectivity index (χ1) is 14.6. The number of aryl methyl sites for hydroxylation is 3. The van der Waals surface area contributed by atoms with E-state index in [0.717, 1.165) is 42.5 Å². The molecule has 30 heavy (non-hydrogen) atoms. The topological polar surface area (TPSA) is 83.6 Å². The van der Waals surface area contributed by atoms with Gasteiger partial charge < -0.3 is 5.32 Å². The lowest BCUT2D eigenvalue weighted by molar-refractivity contribution is -0.113. The lowest BCUT2D eigenvalue weighted by Gasteiger charge is -2.10. The third-order valence-corrected chi connectivity index (χ3v) is 7.40. The molecule has 154 valence electrons. The van der Waals surface area contributed by atoms with E-state index in [1.54, 1.807) is 17.7 Å². The van der Waals surface area contributed by atoms with Gasteiger partial charge in [-0.2, -0.15) is 5.26 Å². The summed E-state index contributed by atoms with van der Waals surface area (Å²) >= 11 is 2.90. The van der Waals surface area contributed by atoms with E-state index >= 15 is 0 Å². The molecule has 0 fully saturated rings. The fourth-order valence-electron chi connectivity index (χ4n) is 3.81. The van der Waals surface area contributed by atoms with E-state index < -0.39 is 0 Å². The second-order valence-corrected chi connectivity index (χ2v) is 9.54. The highest BCUT2D eigenvalue weighted by Crippen LogP contribution is 2.37. The van der Waals surface area contributed by atoms with Crippen molar-refractivity contribution in [1.29, 1.82) is 5.26 Å². The summed E-state index contributed by atoms with van der Waals surface area (Å²) in [4.78, 5) is 13.9. The number of nitriles is 1.